The Balaban J connectivity index is 2.65. The van der Waals surface area contributed by atoms with Gasteiger partial charge in [-0.05, 0) is 65.3 Å². The third-order valence-electron chi connectivity index (χ3n) is 3.31. The number of hydrogen-bond donors (Lipinski definition) is 1. The summed E-state index contributed by atoms with van der Waals surface area (Å²) in [5.74, 6) is 0.952. The van der Waals surface area contributed by atoms with E-state index in [0.29, 0.717) is 6.61 Å². The lowest BCUT2D eigenvalue weighted by Gasteiger charge is -2.23. The van der Waals surface area contributed by atoms with Gasteiger partial charge in [0.15, 0.2) is 0 Å². The van der Waals surface area contributed by atoms with Gasteiger partial charge in [0.2, 0.25) is 0 Å². The molecule has 0 aromatic heterocycles. The number of nitrogens with zero attached hydrogens (tertiary/aromatic N) is 2. The Morgan fingerprint density at radius 3 is 2.50 bits per heavy atom. The molecule has 0 aliphatic rings. The molecule has 0 atom stereocenters. The van der Waals surface area contributed by atoms with E-state index >= 15 is 0 Å². The summed E-state index contributed by atoms with van der Waals surface area (Å²) in [5.41, 5.74) is 7.88. The largest absolute Gasteiger partial charge is 0.494 e. The first-order valence-corrected chi connectivity index (χ1v) is 7.45. The monoisotopic (exact) mass is 279 g/mol. The van der Waals surface area contributed by atoms with Gasteiger partial charge in [-0.3, -0.25) is 4.90 Å². The molecule has 0 heterocycles. The van der Waals surface area contributed by atoms with Crippen LogP contribution in [0.15, 0.2) is 18.2 Å². The fourth-order valence-electron chi connectivity index (χ4n) is 2.22. The zero-order valence-electron chi connectivity index (χ0n) is 13.4. The summed E-state index contributed by atoms with van der Waals surface area (Å²) in [5, 5.41) is 0. The average molecular weight is 279 g/mol. The van der Waals surface area contributed by atoms with E-state index < -0.39 is 0 Å². The Bertz CT molecular complexity index is 393. The van der Waals surface area contributed by atoms with Gasteiger partial charge in [0.25, 0.3) is 0 Å². The van der Waals surface area contributed by atoms with Crippen molar-refractivity contribution in [1.82, 2.24) is 9.80 Å². The van der Waals surface area contributed by atoms with Gasteiger partial charge in [-0.1, -0.05) is 6.92 Å². The molecule has 4 nitrogen and oxygen atoms in total. The van der Waals surface area contributed by atoms with Gasteiger partial charge in [-0.25, -0.2) is 0 Å². The van der Waals surface area contributed by atoms with Crippen molar-refractivity contribution in [3.8, 4) is 5.75 Å². The standard InChI is InChI=1S/C16H29N3O/c1-5-19(11-7-10-18(3)4)13-14-12-15(17)8-9-16(14)20-6-2/h8-9,12H,5-7,10-11,13,17H2,1-4H3. The number of hydrogen-bond acceptors (Lipinski definition) is 4. The van der Waals surface area contributed by atoms with Crippen LogP contribution >= 0.6 is 0 Å². The Morgan fingerprint density at radius 2 is 1.90 bits per heavy atom. The van der Waals surface area contributed by atoms with Crippen LogP contribution in [0, 0.1) is 0 Å². The Hall–Kier alpha value is -1.26. The van der Waals surface area contributed by atoms with Crippen LogP contribution in [-0.2, 0) is 6.54 Å². The van der Waals surface area contributed by atoms with Gasteiger partial charge in [0.1, 0.15) is 5.75 Å². The Labute approximate surface area is 123 Å². The van der Waals surface area contributed by atoms with Gasteiger partial charge in [0.05, 0.1) is 6.61 Å². The van der Waals surface area contributed by atoms with Crippen LogP contribution in [0.2, 0.25) is 0 Å². The topological polar surface area (TPSA) is 41.7 Å². The highest BCUT2D eigenvalue weighted by atomic mass is 16.5. The van der Waals surface area contributed by atoms with E-state index in [1.54, 1.807) is 0 Å². The lowest BCUT2D eigenvalue weighted by atomic mass is 10.1. The molecular weight excluding hydrogens is 250 g/mol. The number of rotatable bonds is 9. The molecule has 4 heteroatoms. The van der Waals surface area contributed by atoms with Crippen LogP contribution in [0.3, 0.4) is 0 Å². The molecule has 1 aromatic carbocycles. The molecule has 0 saturated carbocycles. The smallest absolute Gasteiger partial charge is 0.123 e. The van der Waals surface area contributed by atoms with E-state index in [9.17, 15) is 0 Å². The van der Waals surface area contributed by atoms with Crippen molar-refractivity contribution in [2.45, 2.75) is 26.8 Å². The first kappa shape index (κ1) is 16.8. The molecule has 0 spiro atoms. The third kappa shape index (κ3) is 5.80. The fourth-order valence-corrected chi connectivity index (χ4v) is 2.22. The predicted octanol–water partition coefficient (Wildman–Crippen LogP) is 2.44. The van der Waals surface area contributed by atoms with Crippen LogP contribution in [0.4, 0.5) is 5.69 Å². The van der Waals surface area contributed by atoms with Crippen LogP contribution < -0.4 is 10.5 Å². The minimum Gasteiger partial charge on any atom is -0.494 e. The van der Waals surface area contributed by atoms with Crippen LogP contribution in [0.5, 0.6) is 5.75 Å². The van der Waals surface area contributed by atoms with E-state index in [1.807, 2.05) is 25.1 Å². The second kappa shape index (κ2) is 8.82. The highest BCUT2D eigenvalue weighted by Crippen LogP contribution is 2.23. The molecule has 0 bridgehead atoms. The molecule has 0 aliphatic carbocycles. The van der Waals surface area contributed by atoms with Crippen LogP contribution in [-0.4, -0.2) is 50.1 Å². The van der Waals surface area contributed by atoms with Crippen molar-refractivity contribution in [2.24, 2.45) is 0 Å². The van der Waals surface area contributed by atoms with E-state index in [2.05, 4.69) is 30.8 Å². The molecule has 1 aromatic rings. The summed E-state index contributed by atoms with van der Waals surface area (Å²) in [6.07, 6.45) is 1.17. The second-order valence-corrected chi connectivity index (χ2v) is 5.33. The van der Waals surface area contributed by atoms with Crippen molar-refractivity contribution < 1.29 is 4.74 Å². The molecule has 0 aliphatic heterocycles. The molecule has 2 N–H and O–H groups in total. The highest BCUT2D eigenvalue weighted by Gasteiger charge is 2.09. The normalized spacial score (nSPS) is 11.3. The SMILES string of the molecule is CCOc1ccc(N)cc1CN(CC)CCCN(C)C. The number of anilines is 1. The third-order valence-corrected chi connectivity index (χ3v) is 3.31. The number of benzene rings is 1. The Kier molecular flexibility index (Phi) is 7.41. The van der Waals surface area contributed by atoms with E-state index in [-0.39, 0.29) is 0 Å². The Morgan fingerprint density at radius 1 is 1.15 bits per heavy atom. The quantitative estimate of drug-likeness (QED) is 0.705. The molecule has 0 radical (unpaired) electrons. The van der Waals surface area contributed by atoms with E-state index in [4.69, 9.17) is 10.5 Å². The van der Waals surface area contributed by atoms with Crippen molar-refractivity contribution in [2.75, 3.05) is 46.1 Å². The molecule has 0 amide bonds. The average Bonchev–Trinajstić information content (AvgIpc) is 2.40. The van der Waals surface area contributed by atoms with E-state index in [1.165, 1.54) is 12.0 Å². The predicted molar refractivity (Wildman–Crippen MR) is 86.1 cm³/mol. The molecule has 0 fully saturated rings. The van der Waals surface area contributed by atoms with Gasteiger partial charge in [-0.2, -0.15) is 0 Å². The van der Waals surface area contributed by atoms with Gasteiger partial charge < -0.3 is 15.4 Å². The molecule has 1 rings (SSSR count). The van der Waals surface area contributed by atoms with Crippen molar-refractivity contribution >= 4 is 5.69 Å². The molecular formula is C16H29N3O. The van der Waals surface area contributed by atoms with Gasteiger partial charge >= 0.3 is 0 Å². The first-order chi connectivity index (χ1) is 9.56. The first-order valence-electron chi connectivity index (χ1n) is 7.45. The zero-order chi connectivity index (χ0) is 15.0. The summed E-state index contributed by atoms with van der Waals surface area (Å²) in [6.45, 7) is 9.03. The van der Waals surface area contributed by atoms with Crippen molar-refractivity contribution in [3.05, 3.63) is 23.8 Å². The molecule has 0 unspecified atom stereocenters. The maximum absolute atomic E-state index is 5.90. The summed E-state index contributed by atoms with van der Waals surface area (Å²) in [4.78, 5) is 4.65. The molecule has 20 heavy (non-hydrogen) atoms. The second-order valence-electron chi connectivity index (χ2n) is 5.33. The summed E-state index contributed by atoms with van der Waals surface area (Å²) in [7, 11) is 4.22. The lowest BCUT2D eigenvalue weighted by molar-refractivity contribution is 0.252. The van der Waals surface area contributed by atoms with Crippen LogP contribution in [0.1, 0.15) is 25.8 Å². The van der Waals surface area contributed by atoms with Crippen LogP contribution in [0.25, 0.3) is 0 Å². The van der Waals surface area contributed by atoms with Gasteiger partial charge in [-0.15, -0.1) is 0 Å². The molecule has 114 valence electrons. The molecule has 0 saturated heterocycles. The summed E-state index contributed by atoms with van der Waals surface area (Å²) < 4.78 is 5.69. The zero-order valence-corrected chi connectivity index (χ0v) is 13.4. The minimum absolute atomic E-state index is 0.684. The summed E-state index contributed by atoms with van der Waals surface area (Å²) >= 11 is 0. The maximum atomic E-state index is 5.90. The van der Waals surface area contributed by atoms with E-state index in [0.717, 1.165) is 37.6 Å². The van der Waals surface area contributed by atoms with Gasteiger partial charge in [0, 0.05) is 17.8 Å². The number of nitrogen functional groups attached to an aromatic ring is 1. The summed E-state index contributed by atoms with van der Waals surface area (Å²) in [6, 6.07) is 5.90. The maximum Gasteiger partial charge on any atom is 0.123 e. The van der Waals surface area contributed by atoms with Crippen molar-refractivity contribution in [3.63, 3.8) is 0 Å². The highest BCUT2D eigenvalue weighted by molar-refractivity contribution is 5.47. The number of ether oxygens (including phenoxy) is 1. The fraction of sp³-hybridized carbons (Fsp3) is 0.625. The minimum atomic E-state index is 0.684. The van der Waals surface area contributed by atoms with Crippen molar-refractivity contribution in [1.29, 1.82) is 0 Å². The lowest BCUT2D eigenvalue weighted by Crippen LogP contribution is -2.27. The number of nitrogens with two attached hydrogens (primary N) is 1.